The highest BCUT2D eigenvalue weighted by atomic mass is 35.5. The molecule has 2 N–H and O–H groups in total. The summed E-state index contributed by atoms with van der Waals surface area (Å²) in [5.74, 6) is -1.25. The Morgan fingerprint density at radius 1 is 1.15 bits per heavy atom. The monoisotopic (exact) mass is 383 g/mol. The molecule has 0 fully saturated rings. The second kappa shape index (κ2) is 9.10. The van der Waals surface area contributed by atoms with Crippen molar-refractivity contribution in [2.75, 3.05) is 6.61 Å². The molecule has 2 aromatic rings. The number of hydrogen-bond donors (Lipinski definition) is 1. The summed E-state index contributed by atoms with van der Waals surface area (Å²) in [6, 6.07) is 5.55. The van der Waals surface area contributed by atoms with Gasteiger partial charge in [0.05, 0.1) is 13.0 Å². The molecule has 0 spiro atoms. The lowest BCUT2D eigenvalue weighted by molar-refractivity contribution is -0.143. The second-order valence-corrected chi connectivity index (χ2v) is 6.18. The highest BCUT2D eigenvalue weighted by molar-refractivity contribution is 5.85. The molecule has 2 rings (SSSR count). The Hall–Kier alpha value is -1.98. The van der Waals surface area contributed by atoms with E-state index >= 15 is 0 Å². The molecule has 0 aliphatic carbocycles. The highest BCUT2D eigenvalue weighted by Gasteiger charge is 2.20. The number of aryl methyl sites for hydroxylation is 2. The van der Waals surface area contributed by atoms with Crippen LogP contribution in [-0.4, -0.2) is 12.6 Å². The van der Waals surface area contributed by atoms with Gasteiger partial charge in [-0.15, -0.1) is 12.4 Å². The quantitative estimate of drug-likeness (QED) is 0.744. The van der Waals surface area contributed by atoms with E-state index in [0.717, 1.165) is 5.56 Å². The normalized spacial score (nSPS) is 11.7. The molecule has 6 heteroatoms. The first-order chi connectivity index (χ1) is 11.8. The molecule has 0 aliphatic heterocycles. The Morgan fingerprint density at radius 3 is 2.42 bits per heavy atom. The minimum atomic E-state index is -0.827. The lowest BCUT2D eigenvalue weighted by Crippen LogP contribution is -2.19. The summed E-state index contributed by atoms with van der Waals surface area (Å²) in [6.07, 6.45) is -0.116. The average molecular weight is 384 g/mol. The molecule has 0 radical (unpaired) electrons. The maximum absolute atomic E-state index is 14.6. The van der Waals surface area contributed by atoms with Crippen molar-refractivity contribution in [1.29, 1.82) is 0 Å². The van der Waals surface area contributed by atoms with Gasteiger partial charge in [0, 0.05) is 11.6 Å². The van der Waals surface area contributed by atoms with Gasteiger partial charge in [0.25, 0.3) is 0 Å². The fourth-order valence-electron chi connectivity index (χ4n) is 2.99. The average Bonchev–Trinajstić information content (AvgIpc) is 2.54. The summed E-state index contributed by atoms with van der Waals surface area (Å²) in [4.78, 5) is 11.7. The van der Waals surface area contributed by atoms with Crippen molar-refractivity contribution < 1.29 is 18.3 Å². The van der Waals surface area contributed by atoms with E-state index in [2.05, 4.69) is 0 Å². The van der Waals surface area contributed by atoms with Gasteiger partial charge in [0.1, 0.15) is 11.6 Å². The smallest absolute Gasteiger partial charge is 0.307 e. The Balaban J connectivity index is 0.00000338. The van der Waals surface area contributed by atoms with Gasteiger partial charge in [-0.2, -0.15) is 0 Å². The number of ether oxygens (including phenoxy) is 1. The number of halogens is 3. The SMILES string of the molecule is CCOC(=O)C[C@H](N)c1cc(-c2c(C)ccc(F)c2C)cc(C)c1F.Cl. The number of nitrogens with two attached hydrogens (primary N) is 1. The molecule has 0 saturated carbocycles. The molecular formula is C20H24ClF2NO2. The third-order valence-corrected chi connectivity index (χ3v) is 4.27. The Kier molecular flexibility index (Phi) is 7.72. The molecule has 0 saturated heterocycles. The maximum Gasteiger partial charge on any atom is 0.307 e. The first-order valence-corrected chi connectivity index (χ1v) is 8.23. The number of rotatable bonds is 5. The molecule has 0 bridgehead atoms. The van der Waals surface area contributed by atoms with Crippen molar-refractivity contribution in [1.82, 2.24) is 0 Å². The van der Waals surface area contributed by atoms with Crippen LogP contribution in [-0.2, 0) is 9.53 Å². The van der Waals surface area contributed by atoms with Gasteiger partial charge >= 0.3 is 5.97 Å². The molecule has 3 nitrogen and oxygen atoms in total. The first-order valence-electron chi connectivity index (χ1n) is 8.23. The van der Waals surface area contributed by atoms with E-state index in [0.29, 0.717) is 22.3 Å². The van der Waals surface area contributed by atoms with Gasteiger partial charge in [-0.3, -0.25) is 4.79 Å². The van der Waals surface area contributed by atoms with Crippen molar-refractivity contribution in [3.05, 3.63) is 58.2 Å². The maximum atomic E-state index is 14.6. The van der Waals surface area contributed by atoms with Crippen molar-refractivity contribution >= 4 is 18.4 Å². The number of carbonyl (C=O) groups is 1. The molecule has 0 aromatic heterocycles. The van der Waals surface area contributed by atoms with Gasteiger partial charge in [0.2, 0.25) is 0 Å². The van der Waals surface area contributed by atoms with E-state index in [1.54, 1.807) is 39.0 Å². The van der Waals surface area contributed by atoms with Crippen LogP contribution in [0.1, 0.15) is 41.6 Å². The van der Waals surface area contributed by atoms with Crippen LogP contribution in [0.15, 0.2) is 24.3 Å². The standard InChI is InChI=1S/C20H23F2NO2.ClH/c1-5-25-18(24)10-17(23)15-9-14(8-12(3)20(15)22)19-11(2)6-7-16(21)13(19)4;/h6-9,17H,5,10,23H2,1-4H3;1H/t17-;/m0./s1. The molecule has 1 atom stereocenters. The zero-order chi connectivity index (χ0) is 18.7. The van der Waals surface area contributed by atoms with E-state index in [9.17, 15) is 13.6 Å². The minimum Gasteiger partial charge on any atom is -0.466 e. The number of esters is 1. The summed E-state index contributed by atoms with van der Waals surface area (Å²) >= 11 is 0. The topological polar surface area (TPSA) is 52.3 Å². The van der Waals surface area contributed by atoms with Gasteiger partial charge < -0.3 is 10.5 Å². The number of carbonyl (C=O) groups excluding carboxylic acids is 1. The number of benzene rings is 2. The van der Waals surface area contributed by atoms with Crippen LogP contribution in [0.25, 0.3) is 11.1 Å². The predicted molar refractivity (Wildman–Crippen MR) is 101 cm³/mol. The van der Waals surface area contributed by atoms with Crippen LogP contribution in [0, 0.1) is 32.4 Å². The molecule has 0 amide bonds. The van der Waals surface area contributed by atoms with Crippen molar-refractivity contribution in [3.8, 4) is 11.1 Å². The summed E-state index contributed by atoms with van der Waals surface area (Å²) in [5.41, 5.74) is 9.44. The van der Waals surface area contributed by atoms with Crippen LogP contribution >= 0.6 is 12.4 Å². The van der Waals surface area contributed by atoms with Gasteiger partial charge in [0.15, 0.2) is 0 Å². The fourth-order valence-corrected chi connectivity index (χ4v) is 2.99. The van der Waals surface area contributed by atoms with Gasteiger partial charge in [-0.05, 0) is 73.7 Å². The Bertz CT molecular complexity index is 809. The van der Waals surface area contributed by atoms with E-state index in [-0.39, 0.29) is 36.8 Å². The van der Waals surface area contributed by atoms with Gasteiger partial charge in [-0.1, -0.05) is 6.07 Å². The third kappa shape index (κ3) is 4.59. The lowest BCUT2D eigenvalue weighted by Gasteiger charge is -2.18. The van der Waals surface area contributed by atoms with Crippen molar-refractivity contribution in [2.24, 2.45) is 5.73 Å². The zero-order valence-corrected chi connectivity index (χ0v) is 16.2. The van der Waals surface area contributed by atoms with Crippen LogP contribution in [0.4, 0.5) is 8.78 Å². The summed E-state index contributed by atoms with van der Waals surface area (Å²) in [5, 5.41) is 0. The first kappa shape index (κ1) is 22.1. The highest BCUT2D eigenvalue weighted by Crippen LogP contribution is 2.33. The van der Waals surface area contributed by atoms with E-state index in [1.165, 1.54) is 6.07 Å². The van der Waals surface area contributed by atoms with E-state index in [1.807, 2.05) is 6.92 Å². The summed E-state index contributed by atoms with van der Waals surface area (Å²) < 4.78 is 33.4. The molecule has 2 aromatic carbocycles. The molecule has 142 valence electrons. The molecule has 0 aliphatic rings. The molecule has 26 heavy (non-hydrogen) atoms. The lowest BCUT2D eigenvalue weighted by atomic mass is 9.90. The molecule has 0 heterocycles. The van der Waals surface area contributed by atoms with Crippen molar-refractivity contribution in [3.63, 3.8) is 0 Å². The second-order valence-electron chi connectivity index (χ2n) is 6.18. The largest absolute Gasteiger partial charge is 0.466 e. The van der Waals surface area contributed by atoms with Crippen LogP contribution in [0.3, 0.4) is 0 Å². The number of hydrogen-bond acceptors (Lipinski definition) is 3. The fraction of sp³-hybridized carbons (Fsp3) is 0.350. The summed E-state index contributed by atoms with van der Waals surface area (Å²) in [7, 11) is 0. The Labute approximate surface area is 159 Å². The van der Waals surface area contributed by atoms with Crippen molar-refractivity contribution in [2.45, 2.75) is 40.2 Å². The zero-order valence-electron chi connectivity index (χ0n) is 15.4. The van der Waals surface area contributed by atoms with Crippen LogP contribution < -0.4 is 5.73 Å². The predicted octanol–water partition coefficient (Wildman–Crippen LogP) is 4.93. The third-order valence-electron chi connectivity index (χ3n) is 4.27. The summed E-state index contributed by atoms with van der Waals surface area (Å²) in [6.45, 7) is 7.13. The van der Waals surface area contributed by atoms with E-state index < -0.39 is 17.8 Å². The van der Waals surface area contributed by atoms with Crippen LogP contribution in [0.2, 0.25) is 0 Å². The van der Waals surface area contributed by atoms with Gasteiger partial charge in [-0.25, -0.2) is 8.78 Å². The van der Waals surface area contributed by atoms with E-state index in [4.69, 9.17) is 10.5 Å². The molecular weight excluding hydrogens is 360 g/mol. The van der Waals surface area contributed by atoms with Crippen LogP contribution in [0.5, 0.6) is 0 Å². The molecule has 0 unspecified atom stereocenters. The minimum absolute atomic E-state index is 0. The Morgan fingerprint density at radius 2 is 1.81 bits per heavy atom.